The maximum Gasteiger partial charge on any atom is 0.233 e. The lowest BCUT2D eigenvalue weighted by molar-refractivity contribution is -0.142. The third-order valence-corrected chi connectivity index (χ3v) is 6.74. The predicted octanol–water partition coefficient (Wildman–Crippen LogP) is 2.59. The molecule has 4 nitrogen and oxygen atoms in total. The van der Waals surface area contributed by atoms with Gasteiger partial charge in [-0.3, -0.25) is 14.5 Å². The molecular formula is C20H23NO3. The van der Waals surface area contributed by atoms with E-state index < -0.39 is 0 Å². The average Bonchev–Trinajstić information content (AvgIpc) is 3.37. The predicted molar refractivity (Wildman–Crippen MR) is 88.1 cm³/mol. The van der Waals surface area contributed by atoms with Crippen LogP contribution in [0.5, 0.6) is 0 Å². The fraction of sp³-hybridized carbons (Fsp3) is 0.600. The zero-order valence-electron chi connectivity index (χ0n) is 13.8. The Balaban J connectivity index is 1.39. The third kappa shape index (κ3) is 2.02. The molecule has 126 valence electrons. The normalized spacial score (nSPS) is 40.6. The summed E-state index contributed by atoms with van der Waals surface area (Å²) in [6, 6.07) is 10.5. The molecule has 4 fully saturated rings. The van der Waals surface area contributed by atoms with Crippen molar-refractivity contribution in [2.24, 2.45) is 23.7 Å². The Morgan fingerprint density at radius 1 is 1.04 bits per heavy atom. The third-order valence-electron chi connectivity index (χ3n) is 6.74. The SMILES string of the molecule is O=C1C2C3CC(c4ccccc4)C(C3)C2C(=O)N1CC1CCCO1. The highest BCUT2D eigenvalue weighted by Crippen LogP contribution is 2.61. The van der Waals surface area contributed by atoms with E-state index in [1.165, 1.54) is 10.5 Å². The maximum absolute atomic E-state index is 13.0. The highest BCUT2D eigenvalue weighted by Gasteiger charge is 2.63. The van der Waals surface area contributed by atoms with Gasteiger partial charge in [0.25, 0.3) is 0 Å². The average molecular weight is 325 g/mol. The van der Waals surface area contributed by atoms with E-state index >= 15 is 0 Å². The molecule has 6 unspecified atom stereocenters. The van der Waals surface area contributed by atoms with Crippen molar-refractivity contribution in [3.8, 4) is 0 Å². The summed E-state index contributed by atoms with van der Waals surface area (Å²) >= 11 is 0. The number of fused-ring (bicyclic) bond motifs is 5. The van der Waals surface area contributed by atoms with Gasteiger partial charge in [-0.25, -0.2) is 0 Å². The summed E-state index contributed by atoms with van der Waals surface area (Å²) < 4.78 is 5.65. The molecule has 5 rings (SSSR count). The first-order valence-corrected chi connectivity index (χ1v) is 9.26. The van der Waals surface area contributed by atoms with Crippen molar-refractivity contribution in [3.63, 3.8) is 0 Å². The number of hydrogen-bond acceptors (Lipinski definition) is 3. The first-order chi connectivity index (χ1) is 11.7. The quantitative estimate of drug-likeness (QED) is 0.803. The molecule has 24 heavy (non-hydrogen) atoms. The van der Waals surface area contributed by atoms with Gasteiger partial charge in [-0.1, -0.05) is 30.3 Å². The monoisotopic (exact) mass is 325 g/mol. The zero-order chi connectivity index (χ0) is 16.3. The van der Waals surface area contributed by atoms with Crippen molar-refractivity contribution >= 4 is 11.8 Å². The molecule has 0 N–H and O–H groups in total. The number of hydrogen-bond donors (Lipinski definition) is 0. The van der Waals surface area contributed by atoms with Crippen LogP contribution in [0.4, 0.5) is 0 Å². The lowest BCUT2D eigenvalue weighted by Crippen LogP contribution is -2.38. The minimum absolute atomic E-state index is 0.0520. The molecule has 0 aromatic heterocycles. The topological polar surface area (TPSA) is 46.6 Å². The van der Waals surface area contributed by atoms with Crippen LogP contribution in [-0.4, -0.2) is 36.0 Å². The summed E-state index contributed by atoms with van der Waals surface area (Å²) in [6.07, 6.45) is 4.16. The lowest BCUT2D eigenvalue weighted by Gasteiger charge is -2.28. The van der Waals surface area contributed by atoms with Gasteiger partial charge in [-0.15, -0.1) is 0 Å². The van der Waals surface area contributed by atoms with E-state index in [2.05, 4.69) is 24.3 Å². The van der Waals surface area contributed by atoms with E-state index in [4.69, 9.17) is 4.74 Å². The maximum atomic E-state index is 13.0. The van der Waals surface area contributed by atoms with Crippen LogP contribution in [-0.2, 0) is 14.3 Å². The van der Waals surface area contributed by atoms with Gasteiger partial charge >= 0.3 is 0 Å². The molecule has 2 saturated carbocycles. The molecule has 4 heteroatoms. The number of nitrogens with zero attached hydrogens (tertiary/aromatic N) is 1. The van der Waals surface area contributed by atoms with Crippen LogP contribution in [0.2, 0.25) is 0 Å². The van der Waals surface area contributed by atoms with Crippen LogP contribution in [0.3, 0.4) is 0 Å². The number of ether oxygens (including phenoxy) is 1. The summed E-state index contributed by atoms with van der Waals surface area (Å²) in [7, 11) is 0. The van der Waals surface area contributed by atoms with Gasteiger partial charge in [0, 0.05) is 6.61 Å². The van der Waals surface area contributed by atoms with E-state index in [1.54, 1.807) is 0 Å². The van der Waals surface area contributed by atoms with Gasteiger partial charge in [0.1, 0.15) is 0 Å². The second kappa shape index (κ2) is 5.41. The van der Waals surface area contributed by atoms with E-state index in [1.807, 2.05) is 6.07 Å². The molecule has 2 aliphatic heterocycles. The van der Waals surface area contributed by atoms with Gasteiger partial charge in [-0.2, -0.15) is 0 Å². The highest BCUT2D eigenvalue weighted by molar-refractivity contribution is 6.06. The molecule has 2 saturated heterocycles. The Kier molecular flexibility index (Phi) is 3.30. The number of likely N-dealkylation sites (tertiary alicyclic amines) is 1. The second-order valence-electron chi connectivity index (χ2n) is 7.89. The van der Waals surface area contributed by atoms with E-state index in [0.717, 1.165) is 32.3 Å². The van der Waals surface area contributed by atoms with Crippen molar-refractivity contribution < 1.29 is 14.3 Å². The number of rotatable bonds is 3. The van der Waals surface area contributed by atoms with Crippen LogP contribution >= 0.6 is 0 Å². The Morgan fingerprint density at radius 2 is 1.83 bits per heavy atom. The Morgan fingerprint density at radius 3 is 2.58 bits per heavy atom. The largest absolute Gasteiger partial charge is 0.376 e. The minimum Gasteiger partial charge on any atom is -0.376 e. The molecule has 6 atom stereocenters. The van der Waals surface area contributed by atoms with Crippen LogP contribution in [0.15, 0.2) is 30.3 Å². The first kappa shape index (κ1) is 14.6. The fourth-order valence-electron chi connectivity index (χ4n) is 5.78. The summed E-state index contributed by atoms with van der Waals surface area (Å²) in [5, 5.41) is 0. The Bertz CT molecular complexity index is 667. The van der Waals surface area contributed by atoms with E-state index in [0.29, 0.717) is 24.3 Å². The zero-order valence-corrected chi connectivity index (χ0v) is 13.8. The molecule has 2 aliphatic carbocycles. The number of amides is 2. The molecule has 2 amide bonds. The summed E-state index contributed by atoms with van der Waals surface area (Å²) in [5.74, 6) is 1.20. The summed E-state index contributed by atoms with van der Waals surface area (Å²) in [5.41, 5.74) is 1.33. The lowest BCUT2D eigenvalue weighted by atomic mass is 9.73. The molecular weight excluding hydrogens is 302 g/mol. The number of benzene rings is 1. The van der Waals surface area contributed by atoms with Crippen LogP contribution in [0, 0.1) is 23.7 Å². The van der Waals surface area contributed by atoms with Gasteiger partial charge in [-0.05, 0) is 49.0 Å². The number of carbonyl (C=O) groups is 2. The number of imide groups is 1. The molecule has 0 spiro atoms. The standard InChI is InChI=1S/C20H23NO3/c22-19-17-13-9-15(12-5-2-1-3-6-12)16(10-13)18(17)20(23)21(19)11-14-7-4-8-24-14/h1-3,5-6,13-18H,4,7-11H2. The van der Waals surface area contributed by atoms with Crippen LogP contribution in [0.25, 0.3) is 0 Å². The van der Waals surface area contributed by atoms with Crippen molar-refractivity contribution in [2.45, 2.75) is 37.7 Å². The van der Waals surface area contributed by atoms with Gasteiger partial charge in [0.05, 0.1) is 24.5 Å². The van der Waals surface area contributed by atoms with Crippen molar-refractivity contribution in [2.75, 3.05) is 13.2 Å². The molecule has 2 bridgehead atoms. The Labute approximate surface area is 142 Å². The minimum atomic E-state index is -0.0807. The molecule has 0 radical (unpaired) electrons. The van der Waals surface area contributed by atoms with Gasteiger partial charge < -0.3 is 4.74 Å². The first-order valence-electron chi connectivity index (χ1n) is 9.26. The van der Waals surface area contributed by atoms with Crippen LogP contribution < -0.4 is 0 Å². The molecule has 1 aromatic carbocycles. The smallest absolute Gasteiger partial charge is 0.233 e. The molecule has 4 aliphatic rings. The molecule has 1 aromatic rings. The van der Waals surface area contributed by atoms with Crippen LogP contribution in [0.1, 0.15) is 37.2 Å². The fourth-order valence-corrected chi connectivity index (χ4v) is 5.78. The van der Waals surface area contributed by atoms with Crippen molar-refractivity contribution in [1.29, 1.82) is 0 Å². The summed E-state index contributed by atoms with van der Waals surface area (Å²) in [4.78, 5) is 27.4. The van der Waals surface area contributed by atoms with Crippen molar-refractivity contribution in [1.82, 2.24) is 4.90 Å². The van der Waals surface area contributed by atoms with Gasteiger partial charge in [0.2, 0.25) is 11.8 Å². The van der Waals surface area contributed by atoms with E-state index in [-0.39, 0.29) is 29.8 Å². The second-order valence-corrected chi connectivity index (χ2v) is 7.89. The number of carbonyl (C=O) groups excluding carboxylic acids is 2. The Hall–Kier alpha value is -1.68. The molecule has 2 heterocycles. The van der Waals surface area contributed by atoms with Gasteiger partial charge in [0.15, 0.2) is 0 Å². The summed E-state index contributed by atoms with van der Waals surface area (Å²) in [6.45, 7) is 1.23. The highest BCUT2D eigenvalue weighted by atomic mass is 16.5. The van der Waals surface area contributed by atoms with Crippen molar-refractivity contribution in [3.05, 3.63) is 35.9 Å². The van der Waals surface area contributed by atoms with E-state index in [9.17, 15) is 9.59 Å².